The average Bonchev–Trinajstić information content (AvgIpc) is 3.27. The summed E-state index contributed by atoms with van der Waals surface area (Å²) in [7, 11) is 0. The molecule has 0 bridgehead atoms. The number of carbonyl (C=O) groups is 2. The Hall–Kier alpha value is -3.75. The lowest BCUT2D eigenvalue weighted by Gasteiger charge is -2.35. The standard InChI is InChI=1S/C24H24FN5O3/c1-2-22(31)28-11-9-18-17(14-28)24(33)30-21(26-18)13-19(27-30)20-8-3-4-10-29(20)23(32)15-6-5-7-16(25)12-15/h2,5-7,12-13,20,27H,1,3-4,8-11,14H2/t20-/m0/s1. The van der Waals surface area contributed by atoms with Crippen LogP contribution in [0.2, 0.25) is 0 Å². The number of H-pyrrole nitrogens is 1. The summed E-state index contributed by atoms with van der Waals surface area (Å²) >= 11 is 0. The second-order valence-electron chi connectivity index (χ2n) is 8.48. The van der Waals surface area contributed by atoms with E-state index in [0.29, 0.717) is 47.7 Å². The van der Waals surface area contributed by atoms with Gasteiger partial charge in [-0.3, -0.25) is 19.5 Å². The Kier molecular flexibility index (Phi) is 5.32. The minimum atomic E-state index is -0.453. The van der Waals surface area contributed by atoms with E-state index in [1.54, 1.807) is 15.9 Å². The number of likely N-dealkylation sites (tertiary alicyclic amines) is 1. The molecule has 2 amide bonds. The van der Waals surface area contributed by atoms with E-state index in [1.807, 2.05) is 6.07 Å². The molecule has 0 saturated carbocycles. The summed E-state index contributed by atoms with van der Waals surface area (Å²) in [5.74, 6) is -0.910. The first-order chi connectivity index (χ1) is 16.0. The van der Waals surface area contributed by atoms with Gasteiger partial charge in [0, 0.05) is 31.1 Å². The Morgan fingerprint density at radius 3 is 2.85 bits per heavy atom. The summed E-state index contributed by atoms with van der Waals surface area (Å²) in [5.41, 5.74) is 2.43. The van der Waals surface area contributed by atoms with Gasteiger partial charge in [0.05, 0.1) is 29.5 Å². The molecule has 4 heterocycles. The molecule has 0 spiro atoms. The number of halogens is 1. The van der Waals surface area contributed by atoms with Gasteiger partial charge in [0.15, 0.2) is 5.65 Å². The van der Waals surface area contributed by atoms with Crippen molar-refractivity contribution >= 4 is 17.5 Å². The molecule has 1 saturated heterocycles. The molecule has 0 aliphatic carbocycles. The van der Waals surface area contributed by atoms with Crippen LogP contribution in [0.25, 0.3) is 5.65 Å². The van der Waals surface area contributed by atoms with Crippen molar-refractivity contribution in [2.24, 2.45) is 0 Å². The molecule has 8 nitrogen and oxygen atoms in total. The molecule has 0 unspecified atom stereocenters. The highest BCUT2D eigenvalue weighted by Gasteiger charge is 2.31. The van der Waals surface area contributed by atoms with Crippen molar-refractivity contribution < 1.29 is 14.0 Å². The van der Waals surface area contributed by atoms with Crippen molar-refractivity contribution in [2.45, 2.75) is 38.3 Å². The zero-order valence-electron chi connectivity index (χ0n) is 18.1. The van der Waals surface area contributed by atoms with Crippen molar-refractivity contribution in [3.63, 3.8) is 0 Å². The number of aromatic amines is 1. The third-order valence-corrected chi connectivity index (χ3v) is 6.46. The first-order valence-electron chi connectivity index (χ1n) is 11.1. The van der Waals surface area contributed by atoms with Crippen molar-refractivity contribution in [2.75, 3.05) is 13.1 Å². The fourth-order valence-electron chi connectivity index (χ4n) is 4.77. The minimum Gasteiger partial charge on any atom is -0.334 e. The Morgan fingerprint density at radius 1 is 1.21 bits per heavy atom. The molecule has 2 aliphatic rings. The lowest BCUT2D eigenvalue weighted by molar-refractivity contribution is -0.126. The molecule has 5 rings (SSSR count). The Bertz CT molecular complexity index is 1330. The molecule has 0 radical (unpaired) electrons. The van der Waals surface area contributed by atoms with Gasteiger partial charge in [-0.15, -0.1) is 0 Å². The van der Waals surface area contributed by atoms with Crippen LogP contribution in [0.3, 0.4) is 0 Å². The molecule has 1 N–H and O–H groups in total. The fourth-order valence-corrected chi connectivity index (χ4v) is 4.77. The molecule has 1 atom stereocenters. The quantitative estimate of drug-likeness (QED) is 0.623. The number of rotatable bonds is 3. The predicted molar refractivity (Wildman–Crippen MR) is 119 cm³/mol. The summed E-state index contributed by atoms with van der Waals surface area (Å²) in [4.78, 5) is 46.4. The van der Waals surface area contributed by atoms with Crippen molar-refractivity contribution in [3.05, 3.63) is 81.7 Å². The summed E-state index contributed by atoms with van der Waals surface area (Å²) in [6.07, 6.45) is 4.26. The van der Waals surface area contributed by atoms with E-state index in [-0.39, 0.29) is 30.0 Å². The first-order valence-corrected chi connectivity index (χ1v) is 11.1. The van der Waals surface area contributed by atoms with Crippen LogP contribution in [0.5, 0.6) is 0 Å². The second-order valence-corrected chi connectivity index (χ2v) is 8.48. The number of fused-ring (bicyclic) bond motifs is 2. The number of hydrogen-bond donors (Lipinski definition) is 1. The molecule has 1 aromatic carbocycles. The molecule has 170 valence electrons. The molecule has 2 aliphatic heterocycles. The SMILES string of the molecule is C=CC(=O)N1CCc2nc3cc([C@@H]4CCCCN4C(=O)c4cccc(F)c4)[nH]n3c(=O)c2C1. The predicted octanol–water partition coefficient (Wildman–Crippen LogP) is 2.60. The van der Waals surface area contributed by atoms with Crippen molar-refractivity contribution in [1.29, 1.82) is 0 Å². The third kappa shape index (κ3) is 3.73. The third-order valence-electron chi connectivity index (χ3n) is 6.46. The molecule has 2 aromatic heterocycles. The Balaban J connectivity index is 1.51. The highest BCUT2D eigenvalue weighted by atomic mass is 19.1. The number of amides is 2. The monoisotopic (exact) mass is 449 g/mol. The molecular formula is C24H24FN5O3. The van der Waals surface area contributed by atoms with Gasteiger partial charge in [-0.25, -0.2) is 13.9 Å². The zero-order valence-corrected chi connectivity index (χ0v) is 18.1. The molecule has 1 fully saturated rings. The van der Waals surface area contributed by atoms with E-state index in [0.717, 1.165) is 19.3 Å². The number of benzene rings is 1. The van der Waals surface area contributed by atoms with E-state index < -0.39 is 5.82 Å². The van der Waals surface area contributed by atoms with Gasteiger partial charge in [0.2, 0.25) is 5.91 Å². The fraction of sp³-hybridized carbons (Fsp3) is 0.333. The first kappa shape index (κ1) is 21.1. The number of nitrogens with one attached hydrogen (secondary N) is 1. The summed E-state index contributed by atoms with van der Waals surface area (Å²) in [5, 5.41) is 3.14. The van der Waals surface area contributed by atoms with Crippen LogP contribution in [-0.2, 0) is 17.8 Å². The van der Waals surface area contributed by atoms with Crippen LogP contribution < -0.4 is 5.56 Å². The van der Waals surface area contributed by atoms with Gasteiger partial charge in [0.25, 0.3) is 11.5 Å². The summed E-state index contributed by atoms with van der Waals surface area (Å²) < 4.78 is 15.1. The lowest BCUT2D eigenvalue weighted by Crippen LogP contribution is -2.39. The highest BCUT2D eigenvalue weighted by molar-refractivity contribution is 5.94. The van der Waals surface area contributed by atoms with Gasteiger partial charge in [-0.1, -0.05) is 12.6 Å². The lowest BCUT2D eigenvalue weighted by atomic mass is 9.98. The van der Waals surface area contributed by atoms with Crippen molar-refractivity contribution in [3.8, 4) is 0 Å². The summed E-state index contributed by atoms with van der Waals surface area (Å²) in [6.45, 7) is 4.74. The van der Waals surface area contributed by atoms with E-state index in [4.69, 9.17) is 0 Å². The van der Waals surface area contributed by atoms with Crippen LogP contribution in [0.4, 0.5) is 4.39 Å². The maximum atomic E-state index is 13.7. The number of hydrogen-bond acceptors (Lipinski definition) is 4. The van der Waals surface area contributed by atoms with Crippen LogP contribution in [0, 0.1) is 5.82 Å². The number of aromatic nitrogens is 3. The maximum Gasteiger partial charge on any atom is 0.277 e. The molecule has 3 aromatic rings. The topological polar surface area (TPSA) is 90.8 Å². The van der Waals surface area contributed by atoms with E-state index in [2.05, 4.69) is 16.7 Å². The van der Waals surface area contributed by atoms with E-state index >= 15 is 0 Å². The molecular weight excluding hydrogens is 425 g/mol. The summed E-state index contributed by atoms with van der Waals surface area (Å²) in [6, 6.07) is 7.23. The number of carbonyl (C=O) groups excluding carboxylic acids is 2. The maximum absolute atomic E-state index is 13.7. The van der Waals surface area contributed by atoms with E-state index in [9.17, 15) is 18.8 Å². The van der Waals surface area contributed by atoms with Crippen LogP contribution in [-0.4, -0.2) is 49.3 Å². The van der Waals surface area contributed by atoms with Gasteiger partial charge in [-0.2, -0.15) is 0 Å². The smallest absolute Gasteiger partial charge is 0.277 e. The molecule has 33 heavy (non-hydrogen) atoms. The second kappa shape index (κ2) is 8.31. The minimum absolute atomic E-state index is 0.191. The Morgan fingerprint density at radius 2 is 2.06 bits per heavy atom. The van der Waals surface area contributed by atoms with Gasteiger partial charge in [-0.05, 0) is 43.5 Å². The number of nitrogens with zero attached hydrogens (tertiary/aromatic N) is 4. The van der Waals surface area contributed by atoms with Crippen LogP contribution in [0.15, 0.2) is 47.8 Å². The van der Waals surface area contributed by atoms with Gasteiger partial charge in [0.1, 0.15) is 5.82 Å². The normalized spacial score (nSPS) is 18.3. The van der Waals surface area contributed by atoms with Crippen LogP contribution >= 0.6 is 0 Å². The zero-order chi connectivity index (χ0) is 23.1. The molecule has 9 heteroatoms. The highest BCUT2D eigenvalue weighted by Crippen LogP contribution is 2.32. The average molecular weight is 449 g/mol. The Labute approximate surface area is 189 Å². The largest absolute Gasteiger partial charge is 0.334 e. The van der Waals surface area contributed by atoms with Crippen LogP contribution in [0.1, 0.15) is 52.6 Å². The van der Waals surface area contributed by atoms with E-state index in [1.165, 1.54) is 28.8 Å². The van der Waals surface area contributed by atoms with Gasteiger partial charge < -0.3 is 9.80 Å². The number of piperidine rings is 1. The van der Waals surface area contributed by atoms with Gasteiger partial charge >= 0.3 is 0 Å². The van der Waals surface area contributed by atoms with Crippen molar-refractivity contribution in [1.82, 2.24) is 24.4 Å².